The van der Waals surface area contributed by atoms with Crippen molar-refractivity contribution in [3.8, 4) is 0 Å². The maximum absolute atomic E-state index is 5.30. The van der Waals surface area contributed by atoms with Gasteiger partial charge in [0.1, 0.15) is 6.10 Å². The Labute approximate surface area is 77.0 Å². The van der Waals surface area contributed by atoms with Gasteiger partial charge in [0.05, 0.1) is 6.61 Å². The van der Waals surface area contributed by atoms with E-state index in [0.717, 1.165) is 6.61 Å². The van der Waals surface area contributed by atoms with Crippen molar-refractivity contribution in [2.24, 2.45) is 0 Å². The third-order valence-corrected chi connectivity index (χ3v) is 2.50. The van der Waals surface area contributed by atoms with Gasteiger partial charge in [-0.3, -0.25) is 0 Å². The van der Waals surface area contributed by atoms with Crippen LogP contribution in [0, 0.1) is 0 Å². The van der Waals surface area contributed by atoms with Crippen LogP contribution < -0.4 is 0 Å². The van der Waals surface area contributed by atoms with Gasteiger partial charge in [-0.05, 0) is 16.3 Å². The standard InChI is InChI=1S/C12H10O/c1-2-6-10-9(4-1)5-3-7-11(10)12-8-13-12/h1-7,12H,8H2/t12-/m1/s1. The highest BCUT2D eigenvalue weighted by atomic mass is 16.6. The lowest BCUT2D eigenvalue weighted by molar-refractivity contribution is 0.417. The molecule has 0 N–H and O–H groups in total. The van der Waals surface area contributed by atoms with E-state index in [9.17, 15) is 0 Å². The van der Waals surface area contributed by atoms with Crippen LogP contribution in [0.2, 0.25) is 0 Å². The van der Waals surface area contributed by atoms with Crippen LogP contribution in [0.5, 0.6) is 0 Å². The van der Waals surface area contributed by atoms with Crippen molar-refractivity contribution in [2.75, 3.05) is 6.61 Å². The number of epoxide rings is 1. The summed E-state index contributed by atoms with van der Waals surface area (Å²) < 4.78 is 5.30. The van der Waals surface area contributed by atoms with Crippen molar-refractivity contribution in [1.82, 2.24) is 0 Å². The van der Waals surface area contributed by atoms with Gasteiger partial charge in [-0.15, -0.1) is 0 Å². The molecule has 0 spiro atoms. The van der Waals surface area contributed by atoms with Crippen molar-refractivity contribution in [1.29, 1.82) is 0 Å². The first-order valence-corrected chi connectivity index (χ1v) is 4.54. The van der Waals surface area contributed by atoms with Crippen LogP contribution >= 0.6 is 0 Å². The maximum Gasteiger partial charge on any atom is 0.107 e. The SMILES string of the molecule is c1ccc2c([C@H]3CO3)cccc2c1. The summed E-state index contributed by atoms with van der Waals surface area (Å²) in [6.07, 6.45) is 0.353. The molecule has 2 aromatic carbocycles. The van der Waals surface area contributed by atoms with Gasteiger partial charge in [0.25, 0.3) is 0 Å². The van der Waals surface area contributed by atoms with E-state index in [1.54, 1.807) is 0 Å². The second kappa shape index (κ2) is 2.57. The molecule has 0 aliphatic carbocycles. The molecular weight excluding hydrogens is 160 g/mol. The summed E-state index contributed by atoms with van der Waals surface area (Å²) in [5, 5.41) is 2.63. The molecule has 1 heterocycles. The van der Waals surface area contributed by atoms with Gasteiger partial charge in [0.2, 0.25) is 0 Å². The molecule has 64 valence electrons. The Morgan fingerprint density at radius 3 is 2.62 bits per heavy atom. The fourth-order valence-electron chi connectivity index (χ4n) is 1.76. The minimum atomic E-state index is 0.353. The molecule has 0 radical (unpaired) electrons. The molecule has 1 aliphatic rings. The quantitative estimate of drug-likeness (QED) is 0.599. The van der Waals surface area contributed by atoms with Crippen LogP contribution in [0.1, 0.15) is 11.7 Å². The molecule has 13 heavy (non-hydrogen) atoms. The summed E-state index contributed by atoms with van der Waals surface area (Å²) in [6, 6.07) is 14.8. The first kappa shape index (κ1) is 7.10. The molecule has 1 nitrogen and oxygen atoms in total. The highest BCUT2D eigenvalue weighted by Gasteiger charge is 2.25. The molecule has 0 bridgehead atoms. The number of ether oxygens (including phenoxy) is 1. The summed E-state index contributed by atoms with van der Waals surface area (Å²) in [4.78, 5) is 0. The molecule has 0 saturated carbocycles. The molecule has 0 unspecified atom stereocenters. The van der Waals surface area contributed by atoms with Gasteiger partial charge in [-0.25, -0.2) is 0 Å². The van der Waals surface area contributed by atoms with Crippen LogP contribution in [-0.4, -0.2) is 6.61 Å². The smallest absolute Gasteiger partial charge is 0.107 e. The molecule has 1 atom stereocenters. The van der Waals surface area contributed by atoms with E-state index in [0.29, 0.717) is 6.10 Å². The molecule has 1 aliphatic heterocycles. The fourth-order valence-corrected chi connectivity index (χ4v) is 1.76. The summed E-state index contributed by atoms with van der Waals surface area (Å²) in [6.45, 7) is 0.883. The number of hydrogen-bond acceptors (Lipinski definition) is 1. The zero-order valence-corrected chi connectivity index (χ0v) is 7.23. The van der Waals surface area contributed by atoms with Gasteiger partial charge in [0.15, 0.2) is 0 Å². The normalized spacial score (nSPS) is 20.5. The van der Waals surface area contributed by atoms with E-state index in [1.807, 2.05) is 0 Å². The first-order chi connectivity index (χ1) is 6.45. The van der Waals surface area contributed by atoms with Crippen molar-refractivity contribution in [3.05, 3.63) is 48.0 Å². The van der Waals surface area contributed by atoms with E-state index in [1.165, 1.54) is 16.3 Å². The molecule has 3 rings (SSSR count). The van der Waals surface area contributed by atoms with E-state index in [-0.39, 0.29) is 0 Å². The number of hydrogen-bond donors (Lipinski definition) is 0. The molecule has 1 heteroatoms. The highest BCUT2D eigenvalue weighted by Crippen LogP contribution is 2.34. The summed E-state index contributed by atoms with van der Waals surface area (Å²) >= 11 is 0. The fraction of sp³-hybridized carbons (Fsp3) is 0.167. The highest BCUT2D eigenvalue weighted by molar-refractivity contribution is 5.86. The third-order valence-electron chi connectivity index (χ3n) is 2.50. The van der Waals surface area contributed by atoms with Crippen LogP contribution in [0.3, 0.4) is 0 Å². The predicted molar refractivity (Wildman–Crippen MR) is 52.6 cm³/mol. The monoisotopic (exact) mass is 170 g/mol. The topological polar surface area (TPSA) is 12.5 Å². The second-order valence-corrected chi connectivity index (χ2v) is 3.39. The van der Waals surface area contributed by atoms with Crippen molar-refractivity contribution < 1.29 is 4.74 Å². The lowest BCUT2D eigenvalue weighted by Crippen LogP contribution is -1.82. The Kier molecular flexibility index (Phi) is 1.41. The van der Waals surface area contributed by atoms with E-state index in [2.05, 4.69) is 42.5 Å². The van der Waals surface area contributed by atoms with Gasteiger partial charge in [0, 0.05) is 0 Å². The first-order valence-electron chi connectivity index (χ1n) is 4.54. The van der Waals surface area contributed by atoms with Gasteiger partial charge in [-0.2, -0.15) is 0 Å². The Morgan fingerprint density at radius 1 is 1.00 bits per heavy atom. The lowest BCUT2D eigenvalue weighted by atomic mass is 10.0. The summed E-state index contributed by atoms with van der Waals surface area (Å²) in [5.74, 6) is 0. The molecule has 2 aromatic rings. The van der Waals surface area contributed by atoms with Crippen LogP contribution in [0.25, 0.3) is 10.8 Å². The molecule has 0 aromatic heterocycles. The van der Waals surface area contributed by atoms with Crippen molar-refractivity contribution in [2.45, 2.75) is 6.10 Å². The van der Waals surface area contributed by atoms with E-state index >= 15 is 0 Å². The second-order valence-electron chi connectivity index (χ2n) is 3.39. The van der Waals surface area contributed by atoms with E-state index in [4.69, 9.17) is 4.74 Å². The minimum absolute atomic E-state index is 0.353. The zero-order valence-electron chi connectivity index (χ0n) is 7.23. The van der Waals surface area contributed by atoms with E-state index < -0.39 is 0 Å². The van der Waals surface area contributed by atoms with Crippen molar-refractivity contribution in [3.63, 3.8) is 0 Å². The average Bonchev–Trinajstić information content (AvgIpc) is 3.00. The summed E-state index contributed by atoms with van der Waals surface area (Å²) in [7, 11) is 0. The van der Waals surface area contributed by atoms with Crippen molar-refractivity contribution >= 4 is 10.8 Å². The van der Waals surface area contributed by atoms with Crippen LogP contribution in [0.15, 0.2) is 42.5 Å². The molecule has 1 fully saturated rings. The van der Waals surface area contributed by atoms with Gasteiger partial charge < -0.3 is 4.74 Å². The Bertz CT molecular complexity index is 438. The number of fused-ring (bicyclic) bond motifs is 1. The molecular formula is C12H10O. The average molecular weight is 170 g/mol. The number of benzene rings is 2. The Balaban J connectivity index is 2.32. The third kappa shape index (κ3) is 1.12. The van der Waals surface area contributed by atoms with Gasteiger partial charge >= 0.3 is 0 Å². The lowest BCUT2D eigenvalue weighted by Gasteiger charge is -2.02. The van der Waals surface area contributed by atoms with Gasteiger partial charge in [-0.1, -0.05) is 42.5 Å². The zero-order chi connectivity index (χ0) is 8.67. The largest absolute Gasteiger partial charge is 0.368 e. The minimum Gasteiger partial charge on any atom is -0.368 e. The number of rotatable bonds is 1. The molecule has 0 amide bonds. The van der Waals surface area contributed by atoms with Crippen LogP contribution in [0.4, 0.5) is 0 Å². The Hall–Kier alpha value is -1.34. The maximum atomic E-state index is 5.30. The van der Waals surface area contributed by atoms with Crippen LogP contribution in [-0.2, 0) is 4.74 Å². The Morgan fingerprint density at radius 2 is 1.77 bits per heavy atom. The summed E-state index contributed by atoms with van der Waals surface area (Å²) in [5.41, 5.74) is 1.33. The molecule has 1 saturated heterocycles. The predicted octanol–water partition coefficient (Wildman–Crippen LogP) is 2.91.